The number of halogens is 1. The van der Waals surface area contributed by atoms with E-state index in [1.807, 2.05) is 32.9 Å². The van der Waals surface area contributed by atoms with E-state index in [0.29, 0.717) is 17.0 Å². The predicted molar refractivity (Wildman–Crippen MR) is 139 cm³/mol. The molecule has 1 heterocycles. The zero-order valence-corrected chi connectivity index (χ0v) is 20.9. The molecule has 1 N–H and O–H groups in total. The monoisotopic (exact) mass is 504 g/mol. The molecule has 0 aliphatic carbocycles. The second-order valence-electron chi connectivity index (χ2n) is 8.54. The number of hydrogen-bond acceptors (Lipinski definition) is 5. The lowest BCUT2D eigenvalue weighted by Crippen LogP contribution is -2.36. The summed E-state index contributed by atoms with van der Waals surface area (Å²) in [6, 6.07) is 17.0. The van der Waals surface area contributed by atoms with Gasteiger partial charge in [-0.25, -0.2) is 4.39 Å². The number of nitrogens with zero attached hydrogens (tertiary/aromatic N) is 1. The van der Waals surface area contributed by atoms with Gasteiger partial charge in [0.25, 0.3) is 11.1 Å². The minimum absolute atomic E-state index is 0.202. The van der Waals surface area contributed by atoms with Gasteiger partial charge in [0.2, 0.25) is 5.91 Å². The first-order chi connectivity index (χ1) is 17.2. The number of carbonyl (C=O) groups excluding carboxylic acids is 3. The van der Waals surface area contributed by atoms with Crippen molar-refractivity contribution in [3.05, 3.63) is 99.2 Å². The van der Waals surface area contributed by atoms with Gasteiger partial charge in [0.1, 0.15) is 24.7 Å². The molecule has 1 aliphatic rings. The van der Waals surface area contributed by atoms with Gasteiger partial charge < -0.3 is 10.1 Å². The summed E-state index contributed by atoms with van der Waals surface area (Å²) in [5.41, 5.74) is 4.98. The summed E-state index contributed by atoms with van der Waals surface area (Å²) in [6.07, 6.45) is 1.58. The third kappa shape index (κ3) is 5.83. The predicted octanol–water partition coefficient (Wildman–Crippen LogP) is 6.00. The van der Waals surface area contributed by atoms with Crippen LogP contribution in [0, 0.1) is 26.6 Å². The molecule has 0 spiro atoms. The van der Waals surface area contributed by atoms with Gasteiger partial charge in [0.15, 0.2) is 0 Å². The van der Waals surface area contributed by atoms with Crippen LogP contribution in [0.5, 0.6) is 5.75 Å². The first-order valence-corrected chi connectivity index (χ1v) is 12.1. The van der Waals surface area contributed by atoms with Gasteiger partial charge in [0.05, 0.1) is 4.91 Å². The van der Waals surface area contributed by atoms with Crippen molar-refractivity contribution in [3.63, 3.8) is 0 Å². The standard InChI is InChI=1S/C28H25FN2O4S/c1-17-12-18(2)26(19(3)13-17)30-25(32)15-31-27(33)24(36-28(31)34)14-21-6-4-5-7-23(21)35-16-20-8-10-22(29)11-9-20/h4-14H,15-16H2,1-3H3,(H,30,32)/b24-14-. The van der Waals surface area contributed by atoms with Gasteiger partial charge in [0, 0.05) is 11.3 Å². The Hall–Kier alpha value is -3.91. The summed E-state index contributed by atoms with van der Waals surface area (Å²) in [6.45, 7) is 5.61. The lowest BCUT2D eigenvalue weighted by atomic mass is 10.1. The van der Waals surface area contributed by atoms with E-state index in [4.69, 9.17) is 4.74 Å². The molecule has 3 amide bonds. The van der Waals surface area contributed by atoms with E-state index in [9.17, 15) is 18.8 Å². The van der Waals surface area contributed by atoms with Crippen molar-refractivity contribution in [2.75, 3.05) is 11.9 Å². The Morgan fingerprint density at radius 1 is 1.03 bits per heavy atom. The molecule has 8 heteroatoms. The quantitative estimate of drug-likeness (QED) is 0.399. The van der Waals surface area contributed by atoms with Crippen LogP contribution < -0.4 is 10.1 Å². The van der Waals surface area contributed by atoms with Crippen LogP contribution in [0.2, 0.25) is 0 Å². The maximum Gasteiger partial charge on any atom is 0.294 e. The van der Waals surface area contributed by atoms with Crippen molar-refractivity contribution in [3.8, 4) is 5.75 Å². The fourth-order valence-electron chi connectivity index (χ4n) is 3.95. The molecule has 0 unspecified atom stereocenters. The lowest BCUT2D eigenvalue weighted by Gasteiger charge is -2.16. The van der Waals surface area contributed by atoms with Crippen molar-refractivity contribution in [1.82, 2.24) is 4.90 Å². The Bertz CT molecular complexity index is 1350. The summed E-state index contributed by atoms with van der Waals surface area (Å²) < 4.78 is 19.0. The van der Waals surface area contributed by atoms with Gasteiger partial charge in [-0.1, -0.05) is 48.0 Å². The summed E-state index contributed by atoms with van der Waals surface area (Å²) in [5.74, 6) is -0.799. The normalized spacial score (nSPS) is 14.4. The van der Waals surface area contributed by atoms with E-state index < -0.39 is 17.1 Å². The lowest BCUT2D eigenvalue weighted by molar-refractivity contribution is -0.127. The molecule has 0 saturated carbocycles. The average Bonchev–Trinajstić information content (AvgIpc) is 3.09. The number of para-hydroxylation sites is 1. The van der Waals surface area contributed by atoms with Crippen molar-refractivity contribution in [2.45, 2.75) is 27.4 Å². The molecular formula is C28H25FN2O4S. The number of amides is 3. The Morgan fingerprint density at radius 3 is 2.39 bits per heavy atom. The van der Waals surface area contributed by atoms with E-state index in [2.05, 4.69) is 5.32 Å². The van der Waals surface area contributed by atoms with Gasteiger partial charge in [-0.15, -0.1) is 0 Å². The Labute approximate surface area is 213 Å². The van der Waals surface area contributed by atoms with Crippen LogP contribution in [0.3, 0.4) is 0 Å². The number of nitrogens with one attached hydrogen (secondary N) is 1. The van der Waals surface area contributed by atoms with Crippen LogP contribution in [-0.4, -0.2) is 28.5 Å². The molecule has 1 saturated heterocycles. The fraction of sp³-hybridized carbons (Fsp3) is 0.179. The number of anilines is 1. The van der Waals surface area contributed by atoms with Crippen molar-refractivity contribution < 1.29 is 23.5 Å². The van der Waals surface area contributed by atoms with Gasteiger partial charge in [-0.2, -0.15) is 0 Å². The van der Waals surface area contributed by atoms with Crippen molar-refractivity contribution in [2.24, 2.45) is 0 Å². The maximum atomic E-state index is 13.1. The number of hydrogen-bond donors (Lipinski definition) is 1. The van der Waals surface area contributed by atoms with Crippen molar-refractivity contribution >= 4 is 40.6 Å². The van der Waals surface area contributed by atoms with E-state index in [-0.39, 0.29) is 23.9 Å². The molecule has 3 aromatic rings. The molecule has 36 heavy (non-hydrogen) atoms. The molecule has 184 valence electrons. The smallest absolute Gasteiger partial charge is 0.294 e. The highest BCUT2D eigenvalue weighted by Crippen LogP contribution is 2.34. The van der Waals surface area contributed by atoms with Gasteiger partial charge >= 0.3 is 0 Å². The third-order valence-electron chi connectivity index (χ3n) is 5.63. The number of imide groups is 1. The molecule has 6 nitrogen and oxygen atoms in total. The molecule has 1 aliphatic heterocycles. The summed E-state index contributed by atoms with van der Waals surface area (Å²) in [4.78, 5) is 39.3. The van der Waals surface area contributed by atoms with Crippen LogP contribution in [0.25, 0.3) is 6.08 Å². The van der Waals surface area contributed by atoms with Crippen LogP contribution >= 0.6 is 11.8 Å². The zero-order valence-electron chi connectivity index (χ0n) is 20.1. The van der Waals surface area contributed by atoms with Crippen LogP contribution in [0.15, 0.2) is 65.6 Å². The zero-order chi connectivity index (χ0) is 25.8. The topological polar surface area (TPSA) is 75.7 Å². The molecule has 4 rings (SSSR count). The molecule has 0 bridgehead atoms. The molecule has 0 aromatic heterocycles. The molecule has 1 fully saturated rings. The highest BCUT2D eigenvalue weighted by Gasteiger charge is 2.36. The number of aryl methyl sites for hydroxylation is 3. The summed E-state index contributed by atoms with van der Waals surface area (Å²) >= 11 is 0.779. The minimum Gasteiger partial charge on any atom is -0.488 e. The van der Waals surface area contributed by atoms with E-state index in [0.717, 1.165) is 38.9 Å². The third-order valence-corrected chi connectivity index (χ3v) is 6.54. The highest BCUT2D eigenvalue weighted by molar-refractivity contribution is 8.18. The first-order valence-electron chi connectivity index (χ1n) is 11.3. The molecule has 0 radical (unpaired) electrons. The van der Waals surface area contributed by atoms with Crippen LogP contribution in [-0.2, 0) is 16.2 Å². The van der Waals surface area contributed by atoms with Crippen LogP contribution in [0.4, 0.5) is 14.9 Å². The SMILES string of the molecule is Cc1cc(C)c(NC(=O)CN2C(=O)S/C(=C\c3ccccc3OCc3ccc(F)cc3)C2=O)c(C)c1. The van der Waals surface area contributed by atoms with E-state index in [1.54, 1.807) is 42.5 Å². The second kappa shape index (κ2) is 10.8. The number of benzene rings is 3. The Kier molecular flexibility index (Phi) is 7.55. The summed E-state index contributed by atoms with van der Waals surface area (Å²) in [5, 5.41) is 2.32. The number of thioether (sulfide) groups is 1. The Balaban J connectivity index is 1.46. The first kappa shape index (κ1) is 25.2. The number of rotatable bonds is 7. The second-order valence-corrected chi connectivity index (χ2v) is 9.54. The van der Waals surface area contributed by atoms with Gasteiger partial charge in [-0.3, -0.25) is 19.3 Å². The average molecular weight is 505 g/mol. The number of carbonyl (C=O) groups is 3. The highest BCUT2D eigenvalue weighted by atomic mass is 32.2. The fourth-order valence-corrected chi connectivity index (χ4v) is 4.78. The molecule has 3 aromatic carbocycles. The minimum atomic E-state index is -0.536. The summed E-state index contributed by atoms with van der Waals surface area (Å²) in [7, 11) is 0. The van der Waals surface area contributed by atoms with Crippen molar-refractivity contribution in [1.29, 1.82) is 0 Å². The van der Waals surface area contributed by atoms with E-state index >= 15 is 0 Å². The van der Waals surface area contributed by atoms with E-state index in [1.165, 1.54) is 12.1 Å². The maximum absolute atomic E-state index is 13.1. The number of ether oxygens (including phenoxy) is 1. The van der Waals surface area contributed by atoms with Gasteiger partial charge in [-0.05, 0) is 73.5 Å². The molecular weight excluding hydrogens is 479 g/mol. The largest absolute Gasteiger partial charge is 0.488 e. The Morgan fingerprint density at radius 2 is 1.69 bits per heavy atom. The molecule has 0 atom stereocenters. The van der Waals surface area contributed by atoms with Crippen LogP contribution in [0.1, 0.15) is 27.8 Å².